The summed E-state index contributed by atoms with van der Waals surface area (Å²) in [6.07, 6.45) is 7.23. The van der Waals surface area contributed by atoms with Crippen molar-refractivity contribution in [1.29, 1.82) is 0 Å². The van der Waals surface area contributed by atoms with Crippen LogP contribution in [0, 0.1) is 33.6 Å². The van der Waals surface area contributed by atoms with Gasteiger partial charge in [0.15, 0.2) is 11.6 Å². The molecule has 3 heterocycles. The molecule has 38 heavy (non-hydrogen) atoms. The highest BCUT2D eigenvalue weighted by atomic mass is 16.1. The molecule has 3 aromatic rings. The van der Waals surface area contributed by atoms with Crippen molar-refractivity contribution in [2.75, 3.05) is 11.9 Å². The number of hydrogen-bond donors (Lipinski definition) is 3. The number of nitrogens with zero attached hydrogens (tertiary/aromatic N) is 6. The number of nitrogens with one attached hydrogen (secondary N) is 3. The molecule has 1 amide bonds. The second-order valence-corrected chi connectivity index (χ2v) is 10.1. The predicted octanol–water partition coefficient (Wildman–Crippen LogP) is 4.91. The topological polar surface area (TPSA) is 126 Å². The number of H-pyrrole nitrogens is 1. The largest absolute Gasteiger partial charge is 0.352 e. The van der Waals surface area contributed by atoms with Crippen LogP contribution in [0.3, 0.4) is 0 Å². The standard InChI is InChI=1S/C28H37N9O/c1-17(7-12-26(29-6)37-21(5)13-20(4)36-37)16-30-28(38)23-10-8-22(9-11-23)27-31-18(2)14-24(33-27)32-25-15-19(3)34-35-25/h7,12-15,22-23H,6,8-11,16H2,1-5H3,(H,30,38)(H2,31,32,33,34,35)/b17-7+,26-12+/t22-,23-. The van der Waals surface area contributed by atoms with Gasteiger partial charge in [0.1, 0.15) is 11.6 Å². The third-order valence-corrected chi connectivity index (χ3v) is 6.74. The van der Waals surface area contributed by atoms with Crippen LogP contribution in [0.5, 0.6) is 0 Å². The Balaban J connectivity index is 1.29. The Kier molecular flexibility index (Phi) is 8.50. The van der Waals surface area contributed by atoms with E-state index in [2.05, 4.69) is 37.6 Å². The molecule has 0 radical (unpaired) electrons. The van der Waals surface area contributed by atoms with E-state index in [0.29, 0.717) is 12.4 Å². The van der Waals surface area contributed by atoms with Gasteiger partial charge in [-0.2, -0.15) is 10.2 Å². The number of aromatic amines is 1. The van der Waals surface area contributed by atoms with Gasteiger partial charge in [-0.05, 0) is 79.2 Å². The molecule has 3 aromatic heterocycles. The van der Waals surface area contributed by atoms with E-state index >= 15 is 0 Å². The highest BCUT2D eigenvalue weighted by Gasteiger charge is 2.28. The lowest BCUT2D eigenvalue weighted by Crippen LogP contribution is -2.34. The van der Waals surface area contributed by atoms with Crippen LogP contribution in [0.1, 0.15) is 67.1 Å². The maximum Gasteiger partial charge on any atom is 0.223 e. The summed E-state index contributed by atoms with van der Waals surface area (Å²) in [5.41, 5.74) is 4.83. The van der Waals surface area contributed by atoms with E-state index in [1.807, 2.05) is 65.0 Å². The zero-order valence-electron chi connectivity index (χ0n) is 22.9. The Morgan fingerprint density at radius 2 is 1.84 bits per heavy atom. The number of carbonyl (C=O) groups excluding carboxylic acids is 1. The number of allylic oxidation sites excluding steroid dienone is 2. The number of aromatic nitrogens is 6. The zero-order valence-corrected chi connectivity index (χ0v) is 22.9. The Labute approximate surface area is 223 Å². The van der Waals surface area contributed by atoms with Gasteiger partial charge < -0.3 is 10.6 Å². The van der Waals surface area contributed by atoms with Gasteiger partial charge in [-0.15, -0.1) is 0 Å². The van der Waals surface area contributed by atoms with Gasteiger partial charge >= 0.3 is 0 Å². The lowest BCUT2D eigenvalue weighted by atomic mass is 9.81. The Hall–Kier alpha value is -4.08. The number of anilines is 2. The van der Waals surface area contributed by atoms with Crippen molar-refractivity contribution < 1.29 is 4.79 Å². The van der Waals surface area contributed by atoms with Gasteiger partial charge in [-0.25, -0.2) is 19.6 Å². The van der Waals surface area contributed by atoms with Crippen molar-refractivity contribution in [2.24, 2.45) is 10.9 Å². The Morgan fingerprint density at radius 3 is 2.47 bits per heavy atom. The van der Waals surface area contributed by atoms with E-state index in [0.717, 1.165) is 71.5 Å². The van der Waals surface area contributed by atoms with Crippen LogP contribution in [0.15, 0.2) is 40.9 Å². The number of aliphatic imine (C=N–C) groups is 1. The summed E-state index contributed by atoms with van der Waals surface area (Å²) in [7, 11) is 0. The number of hydrogen-bond acceptors (Lipinski definition) is 7. The van der Waals surface area contributed by atoms with Crippen LogP contribution < -0.4 is 10.6 Å². The molecule has 0 spiro atoms. The maximum absolute atomic E-state index is 12.9. The monoisotopic (exact) mass is 515 g/mol. The van der Waals surface area contributed by atoms with Crippen LogP contribution in [0.25, 0.3) is 5.82 Å². The Morgan fingerprint density at radius 1 is 1.08 bits per heavy atom. The summed E-state index contributed by atoms with van der Waals surface area (Å²) >= 11 is 0. The smallest absolute Gasteiger partial charge is 0.223 e. The van der Waals surface area contributed by atoms with Crippen molar-refractivity contribution in [1.82, 2.24) is 35.3 Å². The SMILES string of the molecule is C=N/C(=C\C=C(/C)CNC(=O)[C@H]1CC[C@H](c2nc(C)cc(Nc3cc(C)[nH]n3)n2)CC1)n1nc(C)cc1C. The van der Waals surface area contributed by atoms with E-state index in [9.17, 15) is 4.79 Å². The first-order valence-electron chi connectivity index (χ1n) is 13.0. The van der Waals surface area contributed by atoms with Gasteiger partial charge in [0.05, 0.1) is 5.69 Å². The molecule has 4 rings (SSSR count). The summed E-state index contributed by atoms with van der Waals surface area (Å²) in [5, 5.41) is 18.0. The minimum atomic E-state index is 0.00382. The second-order valence-electron chi connectivity index (χ2n) is 10.1. The molecule has 0 aromatic carbocycles. The molecular formula is C28H37N9O. The quantitative estimate of drug-likeness (QED) is 0.275. The van der Waals surface area contributed by atoms with Crippen molar-refractivity contribution >= 4 is 30.1 Å². The molecule has 1 saturated carbocycles. The fourth-order valence-electron chi connectivity index (χ4n) is 4.76. The maximum atomic E-state index is 12.9. The van der Waals surface area contributed by atoms with Crippen molar-refractivity contribution in [2.45, 2.75) is 66.2 Å². The van der Waals surface area contributed by atoms with E-state index in [1.54, 1.807) is 4.68 Å². The minimum Gasteiger partial charge on any atom is -0.352 e. The molecule has 0 saturated heterocycles. The molecule has 0 unspecified atom stereocenters. The molecular weight excluding hydrogens is 478 g/mol. The minimum absolute atomic E-state index is 0.00382. The molecule has 1 fully saturated rings. The number of aryl methyl sites for hydroxylation is 4. The first-order valence-corrected chi connectivity index (χ1v) is 13.0. The summed E-state index contributed by atoms with van der Waals surface area (Å²) < 4.78 is 1.76. The Bertz CT molecular complexity index is 1360. The van der Waals surface area contributed by atoms with Gasteiger partial charge in [0.2, 0.25) is 5.91 Å². The van der Waals surface area contributed by atoms with Gasteiger partial charge in [-0.3, -0.25) is 9.89 Å². The molecule has 1 aliphatic carbocycles. The van der Waals surface area contributed by atoms with E-state index in [-0.39, 0.29) is 17.7 Å². The summed E-state index contributed by atoms with van der Waals surface area (Å²) in [6, 6.07) is 5.85. The lowest BCUT2D eigenvalue weighted by Gasteiger charge is -2.27. The molecule has 200 valence electrons. The second kappa shape index (κ2) is 12.0. The average Bonchev–Trinajstić information content (AvgIpc) is 3.45. The molecule has 10 heteroatoms. The highest BCUT2D eigenvalue weighted by Crippen LogP contribution is 2.35. The highest BCUT2D eigenvalue weighted by molar-refractivity contribution is 5.79. The van der Waals surface area contributed by atoms with Gasteiger partial charge in [0, 0.05) is 47.6 Å². The number of carbonyl (C=O) groups is 1. The molecule has 0 aliphatic heterocycles. The van der Waals surface area contributed by atoms with Gasteiger partial charge in [-0.1, -0.05) is 11.6 Å². The fraction of sp³-hybridized carbons (Fsp3) is 0.429. The molecule has 3 N–H and O–H groups in total. The zero-order chi connectivity index (χ0) is 27.2. The van der Waals surface area contributed by atoms with Crippen LogP contribution in [0.2, 0.25) is 0 Å². The van der Waals surface area contributed by atoms with Crippen LogP contribution in [-0.2, 0) is 4.79 Å². The van der Waals surface area contributed by atoms with Crippen LogP contribution in [-0.4, -0.2) is 49.1 Å². The van der Waals surface area contributed by atoms with Gasteiger partial charge in [0.25, 0.3) is 0 Å². The van der Waals surface area contributed by atoms with E-state index in [1.165, 1.54) is 0 Å². The third kappa shape index (κ3) is 6.81. The fourth-order valence-corrected chi connectivity index (χ4v) is 4.76. The van der Waals surface area contributed by atoms with Crippen molar-refractivity contribution in [3.8, 4) is 0 Å². The van der Waals surface area contributed by atoms with Crippen LogP contribution in [0.4, 0.5) is 11.6 Å². The normalized spacial score (nSPS) is 18.3. The third-order valence-electron chi connectivity index (χ3n) is 6.74. The van der Waals surface area contributed by atoms with E-state index < -0.39 is 0 Å². The van der Waals surface area contributed by atoms with E-state index in [4.69, 9.17) is 9.97 Å². The average molecular weight is 516 g/mol. The first kappa shape index (κ1) is 27.0. The molecule has 1 aliphatic rings. The molecule has 0 bridgehead atoms. The molecule has 10 nitrogen and oxygen atoms in total. The number of amides is 1. The first-order chi connectivity index (χ1) is 18.2. The summed E-state index contributed by atoms with van der Waals surface area (Å²) in [5.74, 6) is 3.30. The number of rotatable bonds is 9. The van der Waals surface area contributed by atoms with Crippen molar-refractivity contribution in [3.63, 3.8) is 0 Å². The lowest BCUT2D eigenvalue weighted by molar-refractivity contribution is -0.125. The van der Waals surface area contributed by atoms with Crippen molar-refractivity contribution in [3.05, 3.63) is 64.5 Å². The summed E-state index contributed by atoms with van der Waals surface area (Å²) in [4.78, 5) is 26.4. The molecule has 0 atom stereocenters. The van der Waals surface area contributed by atoms with Crippen LogP contribution >= 0.6 is 0 Å². The summed E-state index contributed by atoms with van der Waals surface area (Å²) in [6.45, 7) is 14.0. The predicted molar refractivity (Wildman–Crippen MR) is 150 cm³/mol.